The summed E-state index contributed by atoms with van der Waals surface area (Å²) in [4.78, 5) is 4.53. The smallest absolute Gasteiger partial charge is 0.0462 e. The Morgan fingerprint density at radius 1 is 0.441 bits per heavy atom. The Morgan fingerprint density at radius 2 is 0.853 bits per heavy atom. The second kappa shape index (κ2) is 28.2. The van der Waals surface area contributed by atoms with E-state index in [4.69, 9.17) is 0 Å². The SMILES string of the molecule is C=C/C(=C\C=C(/C)c1ccccc1)N(c1ccccc1)c1ccc(-c2ccccc2)cc1.CC.C\C=C/C(=C\C=C(/C)N(c1ccccc1)c1ccc(-c2ccccc2)cc1)C(/C=C\CC)=C/C. The van der Waals surface area contributed by atoms with Crippen LogP contribution in [0.25, 0.3) is 27.8 Å². The molecule has 0 aliphatic heterocycles. The molecule has 7 aromatic rings. The van der Waals surface area contributed by atoms with E-state index in [0.29, 0.717) is 0 Å². The van der Waals surface area contributed by atoms with Gasteiger partial charge in [0.05, 0.1) is 0 Å². The molecule has 0 fully saturated rings. The first-order valence-corrected chi connectivity index (χ1v) is 23.9. The molecule has 0 aromatic heterocycles. The quantitative estimate of drug-likeness (QED) is 0.0892. The molecule has 0 saturated heterocycles. The lowest BCUT2D eigenvalue weighted by atomic mass is 10.0. The molecule has 0 aliphatic carbocycles. The Labute approximate surface area is 409 Å². The monoisotopic (exact) mass is 889 g/mol. The summed E-state index contributed by atoms with van der Waals surface area (Å²) in [5.74, 6) is 0. The largest absolute Gasteiger partial charge is 0.315 e. The molecule has 0 bridgehead atoms. The maximum atomic E-state index is 4.11. The van der Waals surface area contributed by atoms with Crippen LogP contribution in [0.1, 0.15) is 60.5 Å². The third-order valence-corrected chi connectivity index (χ3v) is 11.1. The molecule has 0 unspecified atom stereocenters. The van der Waals surface area contributed by atoms with Gasteiger partial charge in [-0.3, -0.25) is 0 Å². The van der Waals surface area contributed by atoms with E-state index in [0.717, 1.165) is 40.6 Å². The molecule has 342 valence electrons. The van der Waals surface area contributed by atoms with Crippen molar-refractivity contribution >= 4 is 28.3 Å². The fraction of sp³-hybridized carbons (Fsp3) is 0.121. The molecule has 2 heteroatoms. The molecule has 68 heavy (non-hydrogen) atoms. The van der Waals surface area contributed by atoms with Crippen LogP contribution < -0.4 is 9.80 Å². The van der Waals surface area contributed by atoms with Crippen LogP contribution in [0.4, 0.5) is 22.7 Å². The van der Waals surface area contributed by atoms with Crippen LogP contribution >= 0.6 is 0 Å². The lowest BCUT2D eigenvalue weighted by molar-refractivity contribution is 1.15. The van der Waals surface area contributed by atoms with Crippen LogP contribution in [0.2, 0.25) is 0 Å². The van der Waals surface area contributed by atoms with Gasteiger partial charge in [0.25, 0.3) is 0 Å². The summed E-state index contributed by atoms with van der Waals surface area (Å²) < 4.78 is 0. The van der Waals surface area contributed by atoms with Crippen molar-refractivity contribution in [1.29, 1.82) is 0 Å². The van der Waals surface area contributed by atoms with Gasteiger partial charge in [-0.2, -0.15) is 0 Å². The normalized spacial score (nSPS) is 12.2. The van der Waals surface area contributed by atoms with E-state index in [1.807, 2.05) is 38.1 Å². The lowest BCUT2D eigenvalue weighted by Gasteiger charge is -2.26. The van der Waals surface area contributed by atoms with Gasteiger partial charge in [0.1, 0.15) is 0 Å². The van der Waals surface area contributed by atoms with Gasteiger partial charge in [-0.1, -0.05) is 222 Å². The summed E-state index contributed by atoms with van der Waals surface area (Å²) in [5.41, 5.74) is 16.3. The number of hydrogen-bond acceptors (Lipinski definition) is 2. The Bertz CT molecular complexity index is 2770. The van der Waals surface area contributed by atoms with Gasteiger partial charge in [0.15, 0.2) is 0 Å². The molecular weight excluding hydrogens is 821 g/mol. The summed E-state index contributed by atoms with van der Waals surface area (Å²) in [6.45, 7) is 18.7. The maximum Gasteiger partial charge on any atom is 0.0462 e. The Hall–Kier alpha value is -7.94. The van der Waals surface area contributed by atoms with E-state index in [1.54, 1.807) is 0 Å². The summed E-state index contributed by atoms with van der Waals surface area (Å²) in [6.07, 6.45) is 22.5. The standard InChI is InChI=1S/C33H35N.C31H27N.C2H6/c1-5-8-16-28(7-3)29(15-6-2)22-21-27(4)34(32-19-13-10-14-20-32)33-25-23-31(24-26-33)30-17-11-9-12-18-30;1-3-29(22-19-25(2)26-13-7-4-8-14-26)32(30-17-11-6-12-18-30)31-23-20-28(21-24-31)27-15-9-5-10-16-27;1-2/h6-26H,5H2,1-4H3;3-24H,1H2,2H3;1-2H3/b15-6-,16-8-,27-21+,28-7+,29-22+;25-19+,29-22+;. The second-order valence-corrected chi connectivity index (χ2v) is 15.7. The van der Waals surface area contributed by atoms with E-state index in [9.17, 15) is 0 Å². The molecule has 0 aliphatic rings. The van der Waals surface area contributed by atoms with Crippen molar-refractivity contribution in [2.24, 2.45) is 0 Å². The van der Waals surface area contributed by atoms with Crippen LogP contribution in [0.3, 0.4) is 0 Å². The highest BCUT2D eigenvalue weighted by atomic mass is 15.1. The van der Waals surface area contributed by atoms with Crippen LogP contribution in [0.5, 0.6) is 0 Å². The number of anilines is 4. The minimum atomic E-state index is 1.01. The molecule has 0 spiro atoms. The Kier molecular flexibility index (Phi) is 21.2. The molecular formula is C66H68N2. The van der Waals surface area contributed by atoms with Crippen molar-refractivity contribution in [3.8, 4) is 22.3 Å². The number of para-hydroxylation sites is 2. The topological polar surface area (TPSA) is 6.48 Å². The van der Waals surface area contributed by atoms with Crippen LogP contribution in [0, 0.1) is 0 Å². The molecule has 0 saturated carbocycles. The highest BCUT2D eigenvalue weighted by Crippen LogP contribution is 2.34. The molecule has 0 N–H and O–H groups in total. The van der Waals surface area contributed by atoms with Crippen LogP contribution in [-0.4, -0.2) is 0 Å². The van der Waals surface area contributed by atoms with Crippen molar-refractivity contribution in [1.82, 2.24) is 0 Å². The van der Waals surface area contributed by atoms with Crippen molar-refractivity contribution in [3.05, 3.63) is 296 Å². The molecule has 0 radical (unpaired) electrons. The van der Waals surface area contributed by atoms with Gasteiger partial charge in [-0.15, -0.1) is 0 Å². The van der Waals surface area contributed by atoms with Gasteiger partial charge in [-0.25, -0.2) is 0 Å². The molecule has 0 heterocycles. The maximum absolute atomic E-state index is 4.11. The highest BCUT2D eigenvalue weighted by Gasteiger charge is 2.14. The minimum Gasteiger partial charge on any atom is -0.315 e. The van der Waals surface area contributed by atoms with Crippen LogP contribution in [-0.2, 0) is 0 Å². The van der Waals surface area contributed by atoms with Gasteiger partial charge < -0.3 is 9.80 Å². The number of rotatable bonds is 16. The summed E-state index contributed by atoms with van der Waals surface area (Å²) in [7, 11) is 0. The number of benzene rings is 7. The number of allylic oxidation sites excluding steroid dienone is 14. The van der Waals surface area contributed by atoms with E-state index in [1.165, 1.54) is 44.5 Å². The summed E-state index contributed by atoms with van der Waals surface area (Å²) in [6, 6.07) is 69.8. The zero-order valence-electron chi connectivity index (χ0n) is 41.1. The predicted octanol–water partition coefficient (Wildman–Crippen LogP) is 19.5. The summed E-state index contributed by atoms with van der Waals surface area (Å²) >= 11 is 0. The Balaban J connectivity index is 0.000000246. The molecule has 7 rings (SSSR count). The predicted molar refractivity (Wildman–Crippen MR) is 300 cm³/mol. The van der Waals surface area contributed by atoms with Crippen LogP contribution in [0.15, 0.2) is 290 Å². The number of nitrogens with zero attached hydrogens (tertiary/aromatic N) is 2. The van der Waals surface area contributed by atoms with Gasteiger partial charge in [-0.05, 0) is 145 Å². The van der Waals surface area contributed by atoms with Crippen molar-refractivity contribution in [2.45, 2.75) is 54.9 Å². The minimum absolute atomic E-state index is 1.01. The van der Waals surface area contributed by atoms with Crippen molar-refractivity contribution < 1.29 is 0 Å². The average molecular weight is 889 g/mol. The second-order valence-electron chi connectivity index (χ2n) is 15.7. The fourth-order valence-electron chi connectivity index (χ4n) is 7.58. The van der Waals surface area contributed by atoms with E-state index >= 15 is 0 Å². The molecule has 2 nitrogen and oxygen atoms in total. The van der Waals surface area contributed by atoms with E-state index in [2.05, 4.69) is 288 Å². The van der Waals surface area contributed by atoms with Gasteiger partial charge >= 0.3 is 0 Å². The average Bonchev–Trinajstić information content (AvgIpc) is 3.41. The van der Waals surface area contributed by atoms with E-state index < -0.39 is 0 Å². The zero-order valence-corrected chi connectivity index (χ0v) is 41.1. The lowest BCUT2D eigenvalue weighted by Crippen LogP contribution is -2.14. The third-order valence-electron chi connectivity index (χ3n) is 11.1. The third kappa shape index (κ3) is 14.8. The molecule has 0 amide bonds. The highest BCUT2D eigenvalue weighted by molar-refractivity contribution is 5.75. The first-order chi connectivity index (χ1) is 33.4. The van der Waals surface area contributed by atoms with Crippen molar-refractivity contribution in [2.75, 3.05) is 9.80 Å². The first kappa shape index (κ1) is 51.1. The van der Waals surface area contributed by atoms with E-state index in [-0.39, 0.29) is 0 Å². The summed E-state index contributed by atoms with van der Waals surface area (Å²) in [5, 5.41) is 0. The van der Waals surface area contributed by atoms with Gasteiger partial charge in [0, 0.05) is 34.1 Å². The zero-order chi connectivity index (χ0) is 48.4. The number of hydrogen-bond donors (Lipinski definition) is 0. The Morgan fingerprint density at radius 3 is 1.29 bits per heavy atom. The first-order valence-electron chi connectivity index (χ1n) is 23.9. The molecule has 7 aromatic carbocycles. The van der Waals surface area contributed by atoms with Crippen molar-refractivity contribution in [3.63, 3.8) is 0 Å². The fourth-order valence-corrected chi connectivity index (χ4v) is 7.58. The molecule has 0 atom stereocenters. The van der Waals surface area contributed by atoms with Gasteiger partial charge in [0.2, 0.25) is 0 Å².